The van der Waals surface area contributed by atoms with E-state index >= 15 is 0 Å². The SMILES string of the molecule is O=C(C1Cc2cc(Cl)ccc2O1)N1CCN(S(=O)(=O)c2ccc(F)cc2)CC1. The lowest BCUT2D eigenvalue weighted by molar-refractivity contribution is -0.139. The molecule has 2 aliphatic heterocycles. The Morgan fingerprint density at radius 2 is 1.75 bits per heavy atom. The molecule has 0 N–H and O–H groups in total. The van der Waals surface area contributed by atoms with E-state index in [1.165, 1.54) is 16.4 Å². The Morgan fingerprint density at radius 3 is 2.43 bits per heavy atom. The van der Waals surface area contributed by atoms with Crippen LogP contribution in [-0.2, 0) is 21.2 Å². The smallest absolute Gasteiger partial charge is 0.264 e. The third-order valence-electron chi connectivity index (χ3n) is 4.97. The van der Waals surface area contributed by atoms with Crippen LogP contribution in [0.5, 0.6) is 5.75 Å². The first kappa shape index (κ1) is 19.2. The van der Waals surface area contributed by atoms with Crippen LogP contribution >= 0.6 is 11.6 Å². The molecule has 1 unspecified atom stereocenters. The first-order valence-electron chi connectivity index (χ1n) is 8.84. The molecule has 0 spiro atoms. The highest BCUT2D eigenvalue weighted by Gasteiger charge is 2.36. The molecule has 28 heavy (non-hydrogen) atoms. The van der Waals surface area contributed by atoms with Crippen molar-refractivity contribution >= 4 is 27.5 Å². The molecule has 1 fully saturated rings. The van der Waals surface area contributed by atoms with Crippen LogP contribution < -0.4 is 4.74 Å². The second-order valence-electron chi connectivity index (χ2n) is 6.75. The summed E-state index contributed by atoms with van der Waals surface area (Å²) in [5.74, 6) is -0.000334. The van der Waals surface area contributed by atoms with E-state index < -0.39 is 21.9 Å². The lowest BCUT2D eigenvalue weighted by Crippen LogP contribution is -2.53. The fraction of sp³-hybridized carbons (Fsp3) is 0.316. The van der Waals surface area contributed by atoms with Crippen LogP contribution in [0.1, 0.15) is 5.56 Å². The van der Waals surface area contributed by atoms with Crippen LogP contribution in [0.3, 0.4) is 0 Å². The van der Waals surface area contributed by atoms with E-state index in [-0.39, 0.29) is 37.0 Å². The predicted octanol–water partition coefficient (Wildman–Crippen LogP) is 2.32. The van der Waals surface area contributed by atoms with E-state index in [1.807, 2.05) is 0 Å². The summed E-state index contributed by atoms with van der Waals surface area (Å²) in [6, 6.07) is 9.98. The maximum Gasteiger partial charge on any atom is 0.264 e. The number of hydrogen-bond donors (Lipinski definition) is 0. The molecule has 2 aromatic carbocycles. The second kappa shape index (κ2) is 7.35. The second-order valence-corrected chi connectivity index (χ2v) is 9.12. The molecule has 2 aromatic rings. The number of ether oxygens (including phenoxy) is 1. The van der Waals surface area contributed by atoms with Gasteiger partial charge in [-0.15, -0.1) is 0 Å². The number of carbonyl (C=O) groups excluding carboxylic acids is 1. The summed E-state index contributed by atoms with van der Waals surface area (Å²) in [5, 5.41) is 0.593. The topological polar surface area (TPSA) is 66.9 Å². The molecule has 1 amide bonds. The van der Waals surface area contributed by atoms with Crippen LogP contribution in [0.2, 0.25) is 5.02 Å². The van der Waals surface area contributed by atoms with E-state index in [1.54, 1.807) is 23.1 Å². The Morgan fingerprint density at radius 1 is 1.07 bits per heavy atom. The summed E-state index contributed by atoms with van der Waals surface area (Å²) in [4.78, 5) is 14.4. The number of piperazine rings is 1. The van der Waals surface area contributed by atoms with E-state index in [2.05, 4.69) is 0 Å². The number of benzene rings is 2. The molecule has 0 saturated carbocycles. The molecule has 6 nitrogen and oxygen atoms in total. The van der Waals surface area contributed by atoms with E-state index in [4.69, 9.17) is 16.3 Å². The van der Waals surface area contributed by atoms with Crippen molar-refractivity contribution in [2.45, 2.75) is 17.4 Å². The standard InChI is InChI=1S/C19H18ClFN2O4S/c20-14-1-6-17-13(11-14)12-18(27-17)19(24)22-7-9-23(10-8-22)28(25,26)16-4-2-15(21)3-5-16/h1-6,11,18H,7-10,12H2. The molecule has 148 valence electrons. The zero-order chi connectivity index (χ0) is 19.9. The summed E-state index contributed by atoms with van der Waals surface area (Å²) in [5.41, 5.74) is 0.892. The lowest BCUT2D eigenvalue weighted by Gasteiger charge is -2.35. The van der Waals surface area contributed by atoms with Gasteiger partial charge in [0.05, 0.1) is 4.90 Å². The van der Waals surface area contributed by atoms with Gasteiger partial charge in [-0.05, 0) is 48.0 Å². The predicted molar refractivity (Wildman–Crippen MR) is 101 cm³/mol. The highest BCUT2D eigenvalue weighted by molar-refractivity contribution is 7.89. The van der Waals surface area contributed by atoms with E-state index in [0.29, 0.717) is 17.2 Å². The summed E-state index contributed by atoms with van der Waals surface area (Å²) in [6.07, 6.45) is -0.170. The summed E-state index contributed by atoms with van der Waals surface area (Å²) >= 11 is 5.98. The van der Waals surface area contributed by atoms with Crippen molar-refractivity contribution in [2.24, 2.45) is 0 Å². The molecule has 1 saturated heterocycles. The highest BCUT2D eigenvalue weighted by Crippen LogP contribution is 2.32. The Labute approximate surface area is 167 Å². The molecule has 0 aliphatic carbocycles. The number of sulfonamides is 1. The van der Waals surface area contributed by atoms with Crippen molar-refractivity contribution in [3.8, 4) is 5.75 Å². The van der Waals surface area contributed by atoms with Gasteiger partial charge in [-0.3, -0.25) is 4.79 Å². The number of carbonyl (C=O) groups is 1. The number of rotatable bonds is 3. The zero-order valence-electron chi connectivity index (χ0n) is 14.8. The zero-order valence-corrected chi connectivity index (χ0v) is 16.4. The number of hydrogen-bond acceptors (Lipinski definition) is 4. The number of amides is 1. The van der Waals surface area contributed by atoms with Crippen LogP contribution in [0.15, 0.2) is 47.4 Å². The minimum Gasteiger partial charge on any atom is -0.480 e. The third kappa shape index (κ3) is 3.59. The molecule has 2 aliphatic rings. The van der Waals surface area contributed by atoms with Gasteiger partial charge < -0.3 is 9.64 Å². The van der Waals surface area contributed by atoms with Crippen LogP contribution in [0.25, 0.3) is 0 Å². The third-order valence-corrected chi connectivity index (χ3v) is 7.12. The van der Waals surface area contributed by atoms with Gasteiger partial charge in [0.2, 0.25) is 10.0 Å². The van der Waals surface area contributed by atoms with Gasteiger partial charge in [-0.1, -0.05) is 11.6 Å². The minimum atomic E-state index is -3.71. The van der Waals surface area contributed by atoms with Gasteiger partial charge in [0.15, 0.2) is 6.10 Å². The Balaban J connectivity index is 1.39. The highest BCUT2D eigenvalue weighted by atomic mass is 35.5. The van der Waals surface area contributed by atoms with Gasteiger partial charge in [0.1, 0.15) is 11.6 Å². The summed E-state index contributed by atoms with van der Waals surface area (Å²) < 4.78 is 45.5. The van der Waals surface area contributed by atoms with Gasteiger partial charge in [-0.25, -0.2) is 12.8 Å². The Kier molecular flexibility index (Phi) is 5.03. The van der Waals surface area contributed by atoms with Gasteiger partial charge in [-0.2, -0.15) is 4.31 Å². The van der Waals surface area contributed by atoms with Crippen molar-refractivity contribution in [1.82, 2.24) is 9.21 Å². The largest absolute Gasteiger partial charge is 0.480 e. The average Bonchev–Trinajstić information content (AvgIpc) is 3.11. The number of fused-ring (bicyclic) bond motifs is 1. The first-order chi connectivity index (χ1) is 13.3. The van der Waals surface area contributed by atoms with Gasteiger partial charge in [0, 0.05) is 37.6 Å². The molecule has 2 heterocycles. The van der Waals surface area contributed by atoms with E-state index in [0.717, 1.165) is 17.7 Å². The lowest BCUT2D eigenvalue weighted by atomic mass is 10.1. The number of nitrogens with zero attached hydrogens (tertiary/aromatic N) is 2. The molecule has 9 heteroatoms. The number of halogens is 2. The molecule has 0 bridgehead atoms. The summed E-state index contributed by atoms with van der Waals surface area (Å²) in [6.45, 7) is 0.903. The van der Waals surface area contributed by atoms with Crippen molar-refractivity contribution in [3.63, 3.8) is 0 Å². The van der Waals surface area contributed by atoms with Crippen molar-refractivity contribution in [1.29, 1.82) is 0 Å². The Bertz CT molecular complexity index is 1010. The fourth-order valence-electron chi connectivity index (χ4n) is 3.46. The normalized spacial score (nSPS) is 19.9. The molecule has 1 atom stereocenters. The molecule has 0 aromatic heterocycles. The Hall–Kier alpha value is -2.16. The van der Waals surface area contributed by atoms with E-state index in [9.17, 15) is 17.6 Å². The molecular weight excluding hydrogens is 407 g/mol. The molecule has 0 radical (unpaired) electrons. The maximum absolute atomic E-state index is 13.1. The van der Waals surface area contributed by atoms with Crippen molar-refractivity contribution in [3.05, 3.63) is 58.9 Å². The quantitative estimate of drug-likeness (QED) is 0.758. The summed E-state index contributed by atoms with van der Waals surface area (Å²) in [7, 11) is -3.71. The van der Waals surface area contributed by atoms with Crippen LogP contribution in [0, 0.1) is 5.82 Å². The minimum absolute atomic E-state index is 0.0418. The monoisotopic (exact) mass is 424 g/mol. The average molecular weight is 425 g/mol. The van der Waals surface area contributed by atoms with Crippen LogP contribution in [0.4, 0.5) is 4.39 Å². The molecule has 4 rings (SSSR count). The van der Waals surface area contributed by atoms with Gasteiger partial charge in [0.25, 0.3) is 5.91 Å². The first-order valence-corrected chi connectivity index (χ1v) is 10.7. The van der Waals surface area contributed by atoms with Crippen molar-refractivity contribution < 1.29 is 22.3 Å². The van der Waals surface area contributed by atoms with Crippen molar-refractivity contribution in [2.75, 3.05) is 26.2 Å². The van der Waals surface area contributed by atoms with Gasteiger partial charge >= 0.3 is 0 Å². The molecular formula is C19H18ClFN2O4S. The maximum atomic E-state index is 13.1. The fourth-order valence-corrected chi connectivity index (χ4v) is 5.08. The van der Waals surface area contributed by atoms with Crippen LogP contribution in [-0.4, -0.2) is 55.8 Å².